The number of fused-ring (bicyclic) bond motifs is 1. The van der Waals surface area contributed by atoms with Gasteiger partial charge in [0.1, 0.15) is 17.9 Å². The molecule has 0 bridgehead atoms. The van der Waals surface area contributed by atoms with E-state index in [-0.39, 0.29) is 29.2 Å². The van der Waals surface area contributed by atoms with Gasteiger partial charge in [-0.1, -0.05) is 11.6 Å². The number of phenols is 1. The number of esters is 1. The summed E-state index contributed by atoms with van der Waals surface area (Å²) in [5, 5.41) is 10.4. The van der Waals surface area contributed by atoms with Gasteiger partial charge in [0.05, 0.1) is 16.3 Å². The van der Waals surface area contributed by atoms with Crippen molar-refractivity contribution in [3.05, 3.63) is 69.0 Å². The number of hydrogen-bond acceptors (Lipinski definition) is 6. The number of nitrogen functional groups attached to an aromatic ring is 1. The van der Waals surface area contributed by atoms with Gasteiger partial charge in [0.2, 0.25) is 0 Å². The van der Waals surface area contributed by atoms with Gasteiger partial charge in [0.15, 0.2) is 0 Å². The van der Waals surface area contributed by atoms with Crippen LogP contribution >= 0.6 is 11.6 Å². The van der Waals surface area contributed by atoms with Gasteiger partial charge in [-0.05, 0) is 30.3 Å². The quantitative estimate of drug-likeness (QED) is 0.429. The average Bonchev–Trinajstić information content (AvgIpc) is 2.54. The molecular formula is C17H12ClNO5. The Bertz CT molecular complexity index is 996. The molecule has 0 radical (unpaired) electrons. The molecule has 1 heterocycles. The summed E-state index contributed by atoms with van der Waals surface area (Å²) in [6.07, 6.45) is 0. The molecule has 0 fully saturated rings. The van der Waals surface area contributed by atoms with Gasteiger partial charge >= 0.3 is 11.6 Å². The Morgan fingerprint density at radius 3 is 2.75 bits per heavy atom. The van der Waals surface area contributed by atoms with Crippen LogP contribution in [0.2, 0.25) is 5.02 Å². The largest absolute Gasteiger partial charge is 0.508 e. The molecule has 24 heavy (non-hydrogen) atoms. The molecule has 7 heteroatoms. The molecule has 6 nitrogen and oxygen atoms in total. The summed E-state index contributed by atoms with van der Waals surface area (Å²) in [4.78, 5) is 23.7. The molecule has 0 saturated carbocycles. The highest BCUT2D eigenvalue weighted by atomic mass is 35.5. The molecule has 0 spiro atoms. The molecule has 3 N–H and O–H groups in total. The van der Waals surface area contributed by atoms with Crippen LogP contribution in [0.15, 0.2) is 51.7 Å². The second kappa shape index (κ2) is 6.25. The molecule has 3 aromatic rings. The monoisotopic (exact) mass is 345 g/mol. The summed E-state index contributed by atoms with van der Waals surface area (Å²) in [7, 11) is 0. The standard InChI is InChI=1S/C17H12ClNO5/c18-13-4-1-9(5-14(13)19)17(22)23-8-10-6-16(21)24-15-7-11(20)2-3-12(10)15/h1-7,20H,8,19H2. The summed E-state index contributed by atoms with van der Waals surface area (Å²) < 4.78 is 10.2. The number of benzene rings is 2. The van der Waals surface area contributed by atoms with Crippen molar-refractivity contribution < 1.29 is 19.1 Å². The Labute approximate surface area is 141 Å². The highest BCUT2D eigenvalue weighted by Crippen LogP contribution is 2.23. The smallest absolute Gasteiger partial charge is 0.338 e. The van der Waals surface area contributed by atoms with Crippen molar-refractivity contribution in [2.75, 3.05) is 5.73 Å². The van der Waals surface area contributed by atoms with Crippen LogP contribution in [0.5, 0.6) is 5.75 Å². The van der Waals surface area contributed by atoms with Gasteiger partial charge < -0.3 is 20.0 Å². The molecule has 1 aromatic heterocycles. The van der Waals surface area contributed by atoms with Crippen molar-refractivity contribution in [1.82, 2.24) is 0 Å². The van der Waals surface area contributed by atoms with E-state index in [1.54, 1.807) is 6.07 Å². The number of ether oxygens (including phenoxy) is 1. The number of hydrogen-bond donors (Lipinski definition) is 2. The Hall–Kier alpha value is -2.99. The SMILES string of the molecule is Nc1cc(C(=O)OCc2cc(=O)oc3cc(O)ccc23)ccc1Cl. The van der Waals surface area contributed by atoms with Crippen LogP contribution in [0.1, 0.15) is 15.9 Å². The van der Waals surface area contributed by atoms with Crippen molar-refractivity contribution in [3.63, 3.8) is 0 Å². The molecule has 0 aliphatic heterocycles. The lowest BCUT2D eigenvalue weighted by atomic mass is 10.1. The van der Waals surface area contributed by atoms with E-state index in [0.29, 0.717) is 16.0 Å². The molecule has 3 rings (SSSR count). The van der Waals surface area contributed by atoms with Gasteiger partial charge in [-0.25, -0.2) is 9.59 Å². The third-order valence-electron chi connectivity index (χ3n) is 3.40. The maximum atomic E-state index is 12.1. The van der Waals surface area contributed by atoms with Crippen LogP contribution < -0.4 is 11.4 Å². The van der Waals surface area contributed by atoms with Crippen molar-refractivity contribution in [3.8, 4) is 5.75 Å². The van der Waals surface area contributed by atoms with Gasteiger partial charge in [-0.2, -0.15) is 0 Å². The minimum atomic E-state index is -0.602. The van der Waals surface area contributed by atoms with E-state index in [0.717, 1.165) is 0 Å². The summed E-state index contributed by atoms with van der Waals surface area (Å²) in [6.45, 7) is -0.131. The summed E-state index contributed by atoms with van der Waals surface area (Å²) in [6, 6.07) is 10.0. The molecular weight excluding hydrogens is 334 g/mol. The zero-order chi connectivity index (χ0) is 17.3. The zero-order valence-corrected chi connectivity index (χ0v) is 13.0. The van der Waals surface area contributed by atoms with E-state index in [2.05, 4.69) is 0 Å². The number of carbonyl (C=O) groups is 1. The Balaban J connectivity index is 1.86. The minimum absolute atomic E-state index is 0.0311. The maximum Gasteiger partial charge on any atom is 0.338 e. The second-order valence-corrected chi connectivity index (χ2v) is 5.49. The van der Waals surface area contributed by atoms with E-state index in [9.17, 15) is 14.7 Å². The molecule has 0 atom stereocenters. The van der Waals surface area contributed by atoms with E-state index in [1.807, 2.05) is 0 Å². The van der Waals surface area contributed by atoms with Crippen LogP contribution in [0.25, 0.3) is 11.0 Å². The number of halogens is 1. The van der Waals surface area contributed by atoms with Crippen LogP contribution in [0.4, 0.5) is 5.69 Å². The van der Waals surface area contributed by atoms with E-state index >= 15 is 0 Å². The van der Waals surface area contributed by atoms with Crippen molar-refractivity contribution >= 4 is 34.2 Å². The molecule has 122 valence electrons. The van der Waals surface area contributed by atoms with Gasteiger partial charge in [0.25, 0.3) is 0 Å². The van der Waals surface area contributed by atoms with E-state index in [1.165, 1.54) is 36.4 Å². The Morgan fingerprint density at radius 1 is 1.21 bits per heavy atom. The first kappa shape index (κ1) is 15.9. The Kier molecular flexibility index (Phi) is 4.14. The lowest BCUT2D eigenvalue weighted by Gasteiger charge is -2.08. The highest BCUT2D eigenvalue weighted by molar-refractivity contribution is 6.33. The Morgan fingerprint density at radius 2 is 2.00 bits per heavy atom. The van der Waals surface area contributed by atoms with Crippen LogP contribution in [-0.4, -0.2) is 11.1 Å². The first-order valence-corrected chi connectivity index (χ1v) is 7.30. The van der Waals surface area contributed by atoms with Gasteiger partial charge in [0, 0.05) is 23.1 Å². The zero-order valence-electron chi connectivity index (χ0n) is 12.3. The predicted octanol–water partition coefficient (Wildman–Crippen LogP) is 3.09. The van der Waals surface area contributed by atoms with Crippen LogP contribution in [0.3, 0.4) is 0 Å². The molecule has 0 amide bonds. The molecule has 0 aliphatic rings. The molecule has 0 saturated heterocycles. The number of anilines is 1. The van der Waals surface area contributed by atoms with Gasteiger partial charge in [-0.15, -0.1) is 0 Å². The number of nitrogens with two attached hydrogens (primary N) is 1. The minimum Gasteiger partial charge on any atom is -0.508 e. The lowest BCUT2D eigenvalue weighted by Crippen LogP contribution is -2.08. The summed E-state index contributed by atoms with van der Waals surface area (Å²) in [5.41, 5.74) is 6.26. The van der Waals surface area contributed by atoms with Crippen molar-refractivity contribution in [2.45, 2.75) is 6.61 Å². The fourth-order valence-electron chi connectivity index (χ4n) is 2.24. The first-order chi connectivity index (χ1) is 11.4. The first-order valence-electron chi connectivity index (χ1n) is 6.92. The van der Waals surface area contributed by atoms with Crippen LogP contribution in [-0.2, 0) is 11.3 Å². The molecule has 0 aliphatic carbocycles. The number of rotatable bonds is 3. The third kappa shape index (κ3) is 3.18. The molecule has 2 aromatic carbocycles. The van der Waals surface area contributed by atoms with Crippen LogP contribution in [0, 0.1) is 0 Å². The average molecular weight is 346 g/mol. The van der Waals surface area contributed by atoms with E-state index < -0.39 is 11.6 Å². The van der Waals surface area contributed by atoms with Crippen molar-refractivity contribution in [2.24, 2.45) is 0 Å². The second-order valence-electron chi connectivity index (χ2n) is 5.08. The normalized spacial score (nSPS) is 10.7. The highest BCUT2D eigenvalue weighted by Gasteiger charge is 2.12. The van der Waals surface area contributed by atoms with E-state index in [4.69, 9.17) is 26.5 Å². The lowest BCUT2D eigenvalue weighted by molar-refractivity contribution is 0.0474. The molecule has 0 unspecified atom stereocenters. The van der Waals surface area contributed by atoms with Gasteiger partial charge in [-0.3, -0.25) is 0 Å². The summed E-state index contributed by atoms with van der Waals surface area (Å²) >= 11 is 5.81. The number of aromatic hydroxyl groups is 1. The fraction of sp³-hybridized carbons (Fsp3) is 0.0588. The number of phenolic OH excluding ortho intramolecular Hbond substituents is 1. The maximum absolute atomic E-state index is 12.1. The summed E-state index contributed by atoms with van der Waals surface area (Å²) in [5.74, 6) is -0.630. The third-order valence-corrected chi connectivity index (χ3v) is 3.75. The topological polar surface area (TPSA) is 103 Å². The van der Waals surface area contributed by atoms with Crippen molar-refractivity contribution in [1.29, 1.82) is 0 Å². The fourth-order valence-corrected chi connectivity index (χ4v) is 2.35. The number of carbonyl (C=O) groups excluding carboxylic acids is 1. The predicted molar refractivity (Wildman–Crippen MR) is 89.1 cm³/mol.